The molecule has 0 aliphatic heterocycles. The number of rotatable bonds is 6. The Morgan fingerprint density at radius 3 is 2.64 bits per heavy atom. The molecule has 1 heterocycles. The fraction of sp³-hybridized carbons (Fsp3) is 0.0500. The van der Waals surface area contributed by atoms with Gasteiger partial charge in [-0.1, -0.05) is 41.9 Å². The third-order valence-electron chi connectivity index (χ3n) is 3.50. The fourth-order valence-electron chi connectivity index (χ4n) is 2.26. The second kappa shape index (κ2) is 8.22. The van der Waals surface area contributed by atoms with Crippen molar-refractivity contribution in [3.8, 4) is 0 Å². The minimum Gasteiger partial charge on any atom is -0.465 e. The number of amides is 1. The quantitative estimate of drug-likeness (QED) is 0.600. The van der Waals surface area contributed by atoms with Gasteiger partial charge in [-0.3, -0.25) is 4.79 Å². The Balaban J connectivity index is 1.58. The highest BCUT2D eigenvalue weighted by Gasteiger charge is 2.04. The molecule has 0 aliphatic carbocycles. The molecule has 0 aliphatic rings. The van der Waals surface area contributed by atoms with Crippen LogP contribution in [0.25, 0.3) is 6.08 Å². The van der Waals surface area contributed by atoms with Crippen LogP contribution in [0.1, 0.15) is 11.3 Å². The Hall–Kier alpha value is -2.98. The first-order valence-electron chi connectivity index (χ1n) is 7.80. The average molecular weight is 353 g/mol. The van der Waals surface area contributed by atoms with Crippen molar-refractivity contribution in [3.05, 3.63) is 89.3 Å². The fourth-order valence-corrected chi connectivity index (χ4v) is 2.50. The lowest BCUT2D eigenvalue weighted by atomic mass is 10.2. The topological polar surface area (TPSA) is 54.3 Å². The van der Waals surface area contributed by atoms with Gasteiger partial charge < -0.3 is 15.1 Å². The summed E-state index contributed by atoms with van der Waals surface area (Å²) < 4.78 is 5.14. The van der Waals surface area contributed by atoms with Crippen LogP contribution in [0.4, 0.5) is 11.4 Å². The molecule has 0 saturated heterocycles. The van der Waals surface area contributed by atoms with Gasteiger partial charge in [0.15, 0.2) is 0 Å². The van der Waals surface area contributed by atoms with E-state index in [0.717, 1.165) is 5.69 Å². The summed E-state index contributed by atoms with van der Waals surface area (Å²) in [7, 11) is 0. The third-order valence-corrected chi connectivity index (χ3v) is 3.82. The molecule has 5 heteroatoms. The van der Waals surface area contributed by atoms with Gasteiger partial charge in [-0.05, 0) is 42.0 Å². The lowest BCUT2D eigenvalue weighted by Gasteiger charge is -2.10. The first-order valence-corrected chi connectivity index (χ1v) is 8.18. The van der Waals surface area contributed by atoms with E-state index in [1.807, 2.05) is 36.4 Å². The maximum atomic E-state index is 11.9. The van der Waals surface area contributed by atoms with Gasteiger partial charge in [-0.15, -0.1) is 0 Å². The summed E-state index contributed by atoms with van der Waals surface area (Å²) >= 11 is 6.29. The summed E-state index contributed by atoms with van der Waals surface area (Å²) in [6.07, 6.45) is 4.57. The van der Waals surface area contributed by atoms with Crippen molar-refractivity contribution in [3.63, 3.8) is 0 Å². The Labute approximate surface area is 151 Å². The van der Waals surface area contributed by atoms with Crippen molar-refractivity contribution >= 4 is 35.0 Å². The Bertz CT molecular complexity index is 859. The van der Waals surface area contributed by atoms with Gasteiger partial charge >= 0.3 is 0 Å². The first kappa shape index (κ1) is 16.9. The largest absolute Gasteiger partial charge is 0.465 e. The summed E-state index contributed by atoms with van der Waals surface area (Å²) in [6, 6.07) is 19.0. The zero-order valence-corrected chi connectivity index (χ0v) is 14.2. The molecule has 3 rings (SSSR count). The van der Waals surface area contributed by atoms with E-state index < -0.39 is 0 Å². The second-order valence-electron chi connectivity index (χ2n) is 5.37. The molecular weight excluding hydrogens is 336 g/mol. The maximum absolute atomic E-state index is 11.9. The Morgan fingerprint density at radius 2 is 1.92 bits per heavy atom. The minimum atomic E-state index is -0.252. The molecule has 1 aromatic heterocycles. The highest BCUT2D eigenvalue weighted by Crippen LogP contribution is 2.26. The number of benzene rings is 2. The monoisotopic (exact) mass is 352 g/mol. The lowest BCUT2D eigenvalue weighted by Crippen LogP contribution is -2.08. The summed E-state index contributed by atoms with van der Waals surface area (Å²) in [5.41, 5.74) is 2.61. The van der Waals surface area contributed by atoms with Crippen molar-refractivity contribution in [1.82, 2.24) is 0 Å². The summed E-state index contributed by atoms with van der Waals surface area (Å²) in [6.45, 7) is 0.679. The van der Waals surface area contributed by atoms with Crippen LogP contribution in [0, 0.1) is 0 Å². The van der Waals surface area contributed by atoms with Crippen LogP contribution in [-0.2, 0) is 11.3 Å². The highest BCUT2D eigenvalue weighted by molar-refractivity contribution is 6.33. The Kier molecular flexibility index (Phi) is 5.54. The molecule has 3 aromatic rings. The molecule has 0 unspecified atom stereocenters. The van der Waals surface area contributed by atoms with Crippen molar-refractivity contribution in [1.29, 1.82) is 0 Å². The van der Waals surface area contributed by atoms with Crippen LogP contribution in [0.5, 0.6) is 0 Å². The van der Waals surface area contributed by atoms with E-state index >= 15 is 0 Å². The molecule has 0 atom stereocenters. The number of halogens is 1. The van der Waals surface area contributed by atoms with E-state index in [2.05, 4.69) is 10.6 Å². The number of hydrogen-bond donors (Lipinski definition) is 2. The van der Waals surface area contributed by atoms with Gasteiger partial charge in [0.1, 0.15) is 5.76 Å². The van der Waals surface area contributed by atoms with E-state index in [1.54, 1.807) is 36.6 Å². The third kappa shape index (κ3) is 4.99. The molecule has 2 N–H and O–H groups in total. The molecule has 1 amide bonds. The zero-order chi connectivity index (χ0) is 17.5. The highest BCUT2D eigenvalue weighted by atomic mass is 35.5. The van der Waals surface area contributed by atoms with Gasteiger partial charge in [0, 0.05) is 18.3 Å². The Morgan fingerprint density at radius 1 is 1.08 bits per heavy atom. The molecule has 25 heavy (non-hydrogen) atoms. The molecule has 0 radical (unpaired) electrons. The van der Waals surface area contributed by atoms with E-state index in [1.165, 1.54) is 11.6 Å². The van der Waals surface area contributed by atoms with E-state index in [0.29, 0.717) is 23.0 Å². The number of furan rings is 1. The van der Waals surface area contributed by atoms with Crippen LogP contribution in [0.2, 0.25) is 5.02 Å². The maximum Gasteiger partial charge on any atom is 0.248 e. The van der Waals surface area contributed by atoms with Gasteiger partial charge in [0.2, 0.25) is 5.91 Å². The van der Waals surface area contributed by atoms with Crippen LogP contribution in [0.15, 0.2) is 77.4 Å². The van der Waals surface area contributed by atoms with Crippen LogP contribution < -0.4 is 10.6 Å². The number of carbonyl (C=O) groups excluding carboxylic acids is 1. The van der Waals surface area contributed by atoms with E-state index in [9.17, 15) is 4.79 Å². The molecule has 0 bridgehead atoms. The van der Waals surface area contributed by atoms with Gasteiger partial charge in [-0.25, -0.2) is 0 Å². The van der Waals surface area contributed by atoms with Gasteiger partial charge in [-0.2, -0.15) is 0 Å². The standard InChI is InChI=1S/C20H17ClN2O2/c21-18-13-16(23-20(24)11-9-17-7-4-12-25-17)8-10-19(18)22-14-15-5-2-1-3-6-15/h1-13,22H,14H2,(H,23,24)/b11-9+. The number of carbonyl (C=O) groups is 1. The van der Waals surface area contributed by atoms with Crippen LogP contribution in [-0.4, -0.2) is 5.91 Å². The zero-order valence-electron chi connectivity index (χ0n) is 13.4. The molecule has 0 spiro atoms. The minimum absolute atomic E-state index is 0.252. The SMILES string of the molecule is O=C(/C=C/c1ccco1)Nc1ccc(NCc2ccccc2)c(Cl)c1. The molecule has 126 valence electrons. The molecular formula is C20H17ClN2O2. The van der Waals surface area contributed by atoms with Crippen molar-refractivity contribution in [2.24, 2.45) is 0 Å². The normalized spacial score (nSPS) is 10.8. The predicted octanol–water partition coefficient (Wildman–Crippen LogP) is 5.20. The van der Waals surface area contributed by atoms with Crippen molar-refractivity contribution in [2.45, 2.75) is 6.54 Å². The van der Waals surface area contributed by atoms with E-state index in [-0.39, 0.29) is 5.91 Å². The van der Waals surface area contributed by atoms with Gasteiger partial charge in [0.25, 0.3) is 0 Å². The summed E-state index contributed by atoms with van der Waals surface area (Å²) in [4.78, 5) is 11.9. The lowest BCUT2D eigenvalue weighted by molar-refractivity contribution is -0.111. The summed E-state index contributed by atoms with van der Waals surface area (Å²) in [5, 5.41) is 6.59. The van der Waals surface area contributed by atoms with Gasteiger partial charge in [0.05, 0.1) is 17.0 Å². The van der Waals surface area contributed by atoms with Crippen molar-refractivity contribution in [2.75, 3.05) is 10.6 Å². The second-order valence-corrected chi connectivity index (χ2v) is 5.78. The average Bonchev–Trinajstić information content (AvgIpc) is 3.14. The number of anilines is 2. The number of nitrogens with one attached hydrogen (secondary N) is 2. The molecule has 0 fully saturated rings. The van der Waals surface area contributed by atoms with Crippen LogP contribution in [0.3, 0.4) is 0 Å². The number of hydrogen-bond acceptors (Lipinski definition) is 3. The molecule has 0 saturated carbocycles. The van der Waals surface area contributed by atoms with E-state index in [4.69, 9.17) is 16.0 Å². The van der Waals surface area contributed by atoms with Crippen molar-refractivity contribution < 1.29 is 9.21 Å². The predicted molar refractivity (Wildman–Crippen MR) is 102 cm³/mol. The first-order chi connectivity index (χ1) is 12.2. The molecule has 2 aromatic carbocycles. The molecule has 4 nitrogen and oxygen atoms in total. The van der Waals surface area contributed by atoms with Crippen LogP contribution >= 0.6 is 11.6 Å². The summed E-state index contributed by atoms with van der Waals surface area (Å²) in [5.74, 6) is 0.367. The smallest absolute Gasteiger partial charge is 0.248 e.